The highest BCUT2D eigenvalue weighted by atomic mass is 32.2. The van der Waals surface area contributed by atoms with E-state index in [1.54, 1.807) is 19.2 Å². The molecule has 34 heteroatoms. The molecule has 1 saturated heterocycles. The van der Waals surface area contributed by atoms with Crippen molar-refractivity contribution in [2.75, 3.05) is 47.3 Å². The lowest BCUT2D eigenvalue weighted by Crippen LogP contribution is -2.45. The lowest BCUT2D eigenvalue weighted by atomic mass is 10.1. The van der Waals surface area contributed by atoms with Crippen LogP contribution in [0.1, 0.15) is 62.4 Å². The highest BCUT2D eigenvalue weighted by Gasteiger charge is 2.45. The number of thiol groups is 1. The number of hydrogen-bond acceptors (Lipinski definition) is 16. The number of carbonyl (C=O) groups is 3. The second-order valence-corrected chi connectivity index (χ2v) is 26.4. The van der Waals surface area contributed by atoms with Crippen LogP contribution in [0.2, 0.25) is 0 Å². The zero-order valence-corrected chi connectivity index (χ0v) is 56.3. The van der Waals surface area contributed by atoms with E-state index in [1.165, 1.54) is 104 Å². The van der Waals surface area contributed by atoms with Gasteiger partial charge in [-0.05, 0) is 180 Å². The minimum atomic E-state index is -4.86. The van der Waals surface area contributed by atoms with Gasteiger partial charge in [0.2, 0.25) is 0 Å². The minimum Gasteiger partial charge on any atom is -0.479 e. The summed E-state index contributed by atoms with van der Waals surface area (Å²) in [5.41, 5.74) is -6.67. The van der Waals surface area contributed by atoms with Crippen LogP contribution >= 0.6 is 36.2 Å². The molecule has 7 aromatic carbocycles. The van der Waals surface area contributed by atoms with Crippen LogP contribution in [0.4, 0.5) is 79.8 Å². The zero-order valence-electron chi connectivity index (χ0n) is 53.0. The summed E-state index contributed by atoms with van der Waals surface area (Å²) in [6.45, 7) is 14.8. The number of benzene rings is 7. The number of nitriles is 2. The summed E-state index contributed by atoms with van der Waals surface area (Å²) in [6, 6.07) is 31.7. The van der Waals surface area contributed by atoms with Crippen molar-refractivity contribution < 1.29 is 110 Å². The predicted octanol–water partition coefficient (Wildman–Crippen LogP) is 14.6. The van der Waals surface area contributed by atoms with Crippen LogP contribution in [0.15, 0.2) is 171 Å². The third-order valence-electron chi connectivity index (χ3n) is 13.2. The summed E-state index contributed by atoms with van der Waals surface area (Å²) in [5, 5.41) is 60.4. The average molecular weight is 1490 g/mol. The normalized spacial score (nSPS) is 15.2. The predicted molar refractivity (Wildman–Crippen MR) is 348 cm³/mol. The Morgan fingerprint density at radius 3 is 1.34 bits per heavy atom. The van der Waals surface area contributed by atoms with E-state index in [0.717, 1.165) is 95.7 Å². The molecule has 0 bridgehead atoms. The van der Waals surface area contributed by atoms with E-state index >= 15 is 0 Å². The first-order valence-electron chi connectivity index (χ1n) is 28.1. The van der Waals surface area contributed by atoms with Crippen molar-refractivity contribution in [1.29, 1.82) is 10.5 Å². The molecule has 1 aliphatic heterocycles. The second kappa shape index (κ2) is 36.4. The number of halogens is 13. The highest BCUT2D eigenvalue weighted by Crippen LogP contribution is 2.39. The Kier molecular flexibility index (Phi) is 31.1. The van der Waals surface area contributed by atoms with Crippen molar-refractivity contribution in [2.24, 2.45) is 0 Å². The number of carboxylic acid groups (broad SMARTS) is 1. The van der Waals surface area contributed by atoms with E-state index in [1.807, 2.05) is 12.2 Å². The summed E-state index contributed by atoms with van der Waals surface area (Å²) in [4.78, 5) is 39.6. The topological polar surface area (TPSA) is 290 Å². The molecule has 0 aromatic heterocycles. The number of rotatable bonds is 16. The third kappa shape index (κ3) is 28.0. The summed E-state index contributed by atoms with van der Waals surface area (Å²) < 4.78 is 200. The van der Waals surface area contributed by atoms with Crippen LogP contribution in [0.5, 0.6) is 0 Å². The van der Waals surface area contributed by atoms with E-state index < -0.39 is 114 Å². The van der Waals surface area contributed by atoms with Gasteiger partial charge in [0.1, 0.15) is 34.5 Å². The Morgan fingerprint density at radius 2 is 1.01 bits per heavy atom. The number of alkyl halides is 9. The maximum Gasteiger partial charge on any atom is 0.417 e. The molecule has 0 saturated carbocycles. The molecule has 17 nitrogen and oxygen atoms in total. The molecule has 100 heavy (non-hydrogen) atoms. The van der Waals surface area contributed by atoms with E-state index in [9.17, 15) is 95.2 Å². The fraction of sp³-hybridized carbons (Fsp3) is 0.273. The number of nitrogens with zero attached hydrogens (tertiary/aromatic N) is 3. The van der Waals surface area contributed by atoms with Crippen molar-refractivity contribution in [2.45, 2.75) is 101 Å². The molecule has 8 rings (SSSR count). The number of nitrogens with one attached hydrogen (secondary N) is 2. The number of carboxylic acids is 1. The van der Waals surface area contributed by atoms with Gasteiger partial charge in [-0.1, -0.05) is 6.07 Å². The van der Waals surface area contributed by atoms with Gasteiger partial charge in [0.15, 0.2) is 26.7 Å². The SMILES string of the molecule is CC(O)(CS(=O)(=O)c1ccc(F)cc1)C(=O)Nc1ccc(C#N)c(C(F)(F)F)c1.CC(O)(CSc1ccc(F)cc1)C(=O)Nc1ccc(C#N)c(C(F)(F)F)c1.CC(O)(CSc1ccc(F)cc1)C(=O)O.COC(C)C1(C)CO1.Fc1ccc(S)cc1.[C-]#[N+]c1ccc(N)cc1C(F)(F)F. The van der Waals surface area contributed by atoms with E-state index in [0.29, 0.717) is 17.0 Å². The maximum atomic E-state index is 13.0. The van der Waals surface area contributed by atoms with Crippen LogP contribution in [-0.2, 0) is 52.2 Å². The van der Waals surface area contributed by atoms with Crippen LogP contribution < -0.4 is 16.4 Å². The Bertz CT molecular complexity index is 4140. The molecular weight excluding hydrogens is 1430 g/mol. The Hall–Kier alpha value is -8.89. The van der Waals surface area contributed by atoms with Gasteiger partial charge in [-0.2, -0.15) is 50.0 Å². The first-order valence-corrected chi connectivity index (χ1v) is 32.2. The smallest absolute Gasteiger partial charge is 0.417 e. The molecule has 0 aliphatic carbocycles. The van der Waals surface area contributed by atoms with Gasteiger partial charge < -0.3 is 46.3 Å². The lowest BCUT2D eigenvalue weighted by molar-refractivity contribution is -0.154. The molecule has 5 atom stereocenters. The maximum absolute atomic E-state index is 13.0. The molecular formula is C66H61F13N6O11S4. The number of aliphatic hydroxyl groups is 3. The average Bonchev–Trinajstić information content (AvgIpc) is 0.971. The summed E-state index contributed by atoms with van der Waals surface area (Å²) >= 11 is 6.22. The molecule has 536 valence electrons. The zero-order chi connectivity index (χ0) is 76.0. The fourth-order valence-electron chi connectivity index (χ4n) is 7.15. The second-order valence-electron chi connectivity index (χ2n) is 21.8. The fourth-order valence-corrected chi connectivity index (χ4v) is 10.7. The van der Waals surface area contributed by atoms with Gasteiger partial charge in [0, 0.05) is 50.4 Å². The number of hydrogen-bond donors (Lipinski definition) is 8. The number of anilines is 3. The molecule has 2 amide bonds. The summed E-state index contributed by atoms with van der Waals surface area (Å²) in [6.07, 6.45) is -13.9. The van der Waals surface area contributed by atoms with Crippen molar-refractivity contribution in [3.05, 3.63) is 214 Å². The van der Waals surface area contributed by atoms with Crippen molar-refractivity contribution >= 4 is 86.5 Å². The van der Waals surface area contributed by atoms with Gasteiger partial charge in [-0.15, -0.1) is 36.2 Å². The van der Waals surface area contributed by atoms with Crippen LogP contribution in [0.25, 0.3) is 4.85 Å². The number of nitrogens with two attached hydrogens (primary N) is 1. The van der Waals surface area contributed by atoms with Crippen molar-refractivity contribution in [1.82, 2.24) is 0 Å². The van der Waals surface area contributed by atoms with E-state index in [-0.39, 0.29) is 56.8 Å². The van der Waals surface area contributed by atoms with Crippen LogP contribution in [-0.4, -0.2) is 106 Å². The molecule has 0 radical (unpaired) electrons. The molecule has 1 aliphatic rings. The number of ether oxygens (including phenoxy) is 2. The standard InChI is InChI=1S/C18H14F4N2O4S.C18H14F4N2O2S.C10H11FO3S.C8H5F3N2.C6H5FS.C6H12O2/c1-17(26,10-29(27,28)14-6-3-12(19)4-7-14)16(25)24-13-5-2-11(9-23)15(8-13)18(20,21)22;1-17(26,10-27-14-6-3-12(19)4-7-14)16(25)24-13-5-2-11(9-23)15(8-13)18(20,21)22;1-10(14,9(12)13)6-15-8-4-2-7(11)3-5-8;1-13-7-3-2-5(12)4-6(7)8(9,10)11;7-5-1-3-6(8)4-2-5;1-5(7-3)6(2)4-8-6/h2-8,26H,10H2,1H3,(H,24,25);2-8,26H,10H2,1H3,(H,24,25);2-5,14H,6H2,1H3,(H,12,13);2-4H,12H2;1-4,8H;5H,4H2,1-3H3. The number of methoxy groups -OCH3 is 1. The van der Waals surface area contributed by atoms with Crippen LogP contribution in [0, 0.1) is 52.5 Å². The number of aliphatic carboxylic acids is 1. The van der Waals surface area contributed by atoms with Crippen molar-refractivity contribution in [3.63, 3.8) is 0 Å². The third-order valence-corrected chi connectivity index (χ3v) is 18.1. The van der Waals surface area contributed by atoms with Gasteiger partial charge >= 0.3 is 24.5 Å². The Labute approximate surface area is 578 Å². The first-order chi connectivity index (χ1) is 46.1. The Morgan fingerprint density at radius 1 is 0.640 bits per heavy atom. The number of amides is 2. The molecule has 1 fully saturated rings. The molecule has 1 heterocycles. The van der Waals surface area contributed by atoms with Gasteiger partial charge in [0.05, 0.1) is 69.9 Å². The number of epoxide rings is 1. The lowest BCUT2D eigenvalue weighted by Gasteiger charge is -2.22. The molecule has 7 aromatic rings. The number of nitrogen functional groups attached to an aromatic ring is 1. The first kappa shape index (κ1) is 85.3. The van der Waals surface area contributed by atoms with Crippen molar-refractivity contribution in [3.8, 4) is 12.1 Å². The minimum absolute atomic E-state index is 0.000255. The number of thioether (sulfide) groups is 2. The number of sulfone groups is 1. The molecule has 8 N–H and O–H groups in total. The molecule has 0 spiro atoms. The van der Waals surface area contributed by atoms with E-state index in [4.69, 9.17) is 37.4 Å². The van der Waals surface area contributed by atoms with Crippen LogP contribution in [0.3, 0.4) is 0 Å². The van der Waals surface area contributed by atoms with E-state index in [2.05, 4.69) is 29.7 Å². The summed E-state index contributed by atoms with van der Waals surface area (Å²) in [7, 11) is -2.51. The van der Waals surface area contributed by atoms with Gasteiger partial charge in [-0.25, -0.2) is 35.6 Å². The Balaban J connectivity index is 0.000000333. The van der Waals surface area contributed by atoms with Gasteiger partial charge in [-0.3, -0.25) is 9.59 Å². The molecule has 5 unspecified atom stereocenters. The quantitative estimate of drug-likeness (QED) is 0.00848. The number of carbonyl (C=O) groups excluding carboxylic acids is 2. The largest absolute Gasteiger partial charge is 0.479 e. The summed E-state index contributed by atoms with van der Waals surface area (Å²) in [5.74, 6) is -6.30. The highest BCUT2D eigenvalue weighted by molar-refractivity contribution is 7.99. The van der Waals surface area contributed by atoms with Gasteiger partial charge in [0.25, 0.3) is 11.8 Å². The monoisotopic (exact) mass is 1490 g/mol.